The van der Waals surface area contributed by atoms with Crippen molar-refractivity contribution in [2.24, 2.45) is 5.92 Å². The van der Waals surface area contributed by atoms with Gasteiger partial charge in [0.15, 0.2) is 0 Å². The van der Waals surface area contributed by atoms with Gasteiger partial charge in [-0.05, 0) is 53.1 Å². The minimum Gasteiger partial charge on any atom is -0.491 e. The number of nitrogens with zero attached hydrogens (tertiary/aromatic N) is 3. The first kappa shape index (κ1) is 28.4. The Morgan fingerprint density at radius 1 is 1.23 bits per heavy atom. The molecule has 10 heteroatoms. The Labute approximate surface area is 208 Å². The zero-order valence-electron chi connectivity index (χ0n) is 22.3. The van der Waals surface area contributed by atoms with Crippen molar-refractivity contribution < 1.29 is 23.9 Å². The van der Waals surface area contributed by atoms with Crippen molar-refractivity contribution in [3.8, 4) is 5.75 Å². The van der Waals surface area contributed by atoms with Crippen LogP contribution in [0.3, 0.4) is 0 Å². The van der Waals surface area contributed by atoms with Crippen molar-refractivity contribution in [2.75, 3.05) is 59.8 Å². The van der Waals surface area contributed by atoms with Gasteiger partial charge in [-0.1, -0.05) is 6.92 Å². The molecule has 1 aromatic rings. The molecule has 196 valence electrons. The first-order valence-electron chi connectivity index (χ1n) is 12.0. The van der Waals surface area contributed by atoms with Crippen LogP contribution in [0.4, 0.5) is 10.5 Å². The Kier molecular flexibility index (Phi) is 10.3. The van der Waals surface area contributed by atoms with E-state index in [9.17, 15) is 14.4 Å². The first-order valence-corrected chi connectivity index (χ1v) is 12.0. The van der Waals surface area contributed by atoms with Gasteiger partial charge in [0.1, 0.15) is 12.4 Å². The molecule has 1 heterocycles. The number of carbonyl (C=O) groups is 3. The number of benzene rings is 1. The number of rotatable bonds is 5. The van der Waals surface area contributed by atoms with Crippen LogP contribution >= 0.6 is 0 Å². The van der Waals surface area contributed by atoms with E-state index in [0.29, 0.717) is 30.1 Å². The smallest absolute Gasteiger partial charge is 0.319 e. The molecule has 1 aliphatic heterocycles. The Balaban J connectivity index is 2.41. The van der Waals surface area contributed by atoms with Crippen LogP contribution in [0, 0.1) is 5.92 Å². The first-order chi connectivity index (χ1) is 16.4. The van der Waals surface area contributed by atoms with E-state index in [4.69, 9.17) is 9.47 Å². The van der Waals surface area contributed by atoms with Crippen LogP contribution in [0.1, 0.15) is 38.1 Å². The van der Waals surface area contributed by atoms with Gasteiger partial charge in [-0.25, -0.2) is 4.79 Å². The maximum atomic E-state index is 13.4. The van der Waals surface area contributed by atoms with Crippen LogP contribution in [0.2, 0.25) is 0 Å². The number of methoxy groups -OCH3 is 1. The molecule has 3 atom stereocenters. The fourth-order valence-electron chi connectivity index (χ4n) is 3.99. The number of hydrogen-bond acceptors (Lipinski definition) is 6. The highest BCUT2D eigenvalue weighted by Crippen LogP contribution is 2.26. The highest BCUT2D eigenvalue weighted by atomic mass is 16.5. The zero-order chi connectivity index (χ0) is 26.3. The summed E-state index contributed by atoms with van der Waals surface area (Å²) in [6.07, 6.45) is -0.271. The summed E-state index contributed by atoms with van der Waals surface area (Å²) in [6.45, 7) is 9.02. The van der Waals surface area contributed by atoms with Crippen molar-refractivity contribution in [3.05, 3.63) is 23.8 Å². The summed E-state index contributed by atoms with van der Waals surface area (Å²) in [5, 5.41) is 5.53. The van der Waals surface area contributed by atoms with Crippen LogP contribution in [-0.4, -0.2) is 105 Å². The number of anilines is 1. The SMILES string of the molecule is CO[C@@H]1CN(C)C(=O)c2cc(NC(=O)NC(C)C)ccc2OC[C@H](C)N(C(=O)CN(C)C)C[C@@H]1C. The molecular weight excluding hydrogens is 450 g/mol. The van der Waals surface area contributed by atoms with Gasteiger partial charge in [0.05, 0.1) is 24.3 Å². The molecule has 2 rings (SSSR count). The molecule has 1 aliphatic rings. The number of urea groups is 1. The normalized spacial score (nSPS) is 21.7. The lowest BCUT2D eigenvalue weighted by Gasteiger charge is -2.36. The molecule has 0 unspecified atom stereocenters. The second-order valence-electron chi connectivity index (χ2n) is 9.85. The Morgan fingerprint density at radius 2 is 1.91 bits per heavy atom. The Bertz CT molecular complexity index is 891. The van der Waals surface area contributed by atoms with E-state index >= 15 is 0 Å². The third-order valence-electron chi connectivity index (χ3n) is 5.89. The number of nitrogens with one attached hydrogen (secondary N) is 2. The molecule has 35 heavy (non-hydrogen) atoms. The highest BCUT2D eigenvalue weighted by molar-refractivity contribution is 5.99. The Hall–Kier alpha value is -2.85. The summed E-state index contributed by atoms with van der Waals surface area (Å²) in [7, 11) is 7.05. The molecule has 0 fully saturated rings. The number of fused-ring (bicyclic) bond motifs is 1. The summed E-state index contributed by atoms with van der Waals surface area (Å²) < 4.78 is 11.8. The van der Waals surface area contributed by atoms with E-state index in [-0.39, 0.29) is 55.1 Å². The van der Waals surface area contributed by atoms with Crippen molar-refractivity contribution in [1.29, 1.82) is 0 Å². The molecule has 2 N–H and O–H groups in total. The molecule has 1 aromatic carbocycles. The van der Waals surface area contributed by atoms with E-state index in [1.54, 1.807) is 37.3 Å². The van der Waals surface area contributed by atoms with Gasteiger partial charge in [-0.15, -0.1) is 0 Å². The maximum absolute atomic E-state index is 13.4. The van der Waals surface area contributed by atoms with Crippen LogP contribution in [0.15, 0.2) is 18.2 Å². The fraction of sp³-hybridized carbons (Fsp3) is 0.640. The average Bonchev–Trinajstić information content (AvgIpc) is 2.77. The van der Waals surface area contributed by atoms with Crippen molar-refractivity contribution in [3.63, 3.8) is 0 Å². The maximum Gasteiger partial charge on any atom is 0.319 e. The minimum absolute atomic E-state index is 0.00484. The fourth-order valence-corrected chi connectivity index (χ4v) is 3.99. The van der Waals surface area contributed by atoms with Gasteiger partial charge < -0.3 is 34.8 Å². The standard InChI is InChI=1S/C25H41N5O5/c1-16(2)26-25(33)27-19-9-10-21-20(11-19)24(32)29(7)13-22(34-8)17(3)12-30(18(4)15-35-21)23(31)14-28(5)6/h9-11,16-18,22H,12-15H2,1-8H3,(H2,26,27,33)/t17-,18-,22+/m0/s1. The molecule has 0 aliphatic carbocycles. The lowest BCUT2D eigenvalue weighted by molar-refractivity contribution is -0.136. The number of amides is 4. The molecule has 4 amide bonds. The lowest BCUT2D eigenvalue weighted by atomic mass is 10.0. The summed E-state index contributed by atoms with van der Waals surface area (Å²) in [6, 6.07) is 4.38. The molecular formula is C25H41N5O5. The second kappa shape index (κ2) is 12.7. The Morgan fingerprint density at radius 3 is 2.51 bits per heavy atom. The van der Waals surface area contributed by atoms with Gasteiger partial charge >= 0.3 is 6.03 Å². The van der Waals surface area contributed by atoms with Gasteiger partial charge in [-0.2, -0.15) is 0 Å². The monoisotopic (exact) mass is 491 g/mol. The van der Waals surface area contributed by atoms with Gasteiger partial charge in [0.25, 0.3) is 5.91 Å². The van der Waals surface area contributed by atoms with Gasteiger partial charge in [0.2, 0.25) is 5.91 Å². The molecule has 0 radical (unpaired) electrons. The molecule has 0 saturated carbocycles. The van der Waals surface area contributed by atoms with Crippen LogP contribution < -0.4 is 15.4 Å². The average molecular weight is 492 g/mol. The van der Waals surface area contributed by atoms with Crippen LogP contribution in [0.5, 0.6) is 5.75 Å². The second-order valence-corrected chi connectivity index (χ2v) is 9.85. The lowest BCUT2D eigenvalue weighted by Crippen LogP contribution is -2.50. The number of hydrogen-bond donors (Lipinski definition) is 2. The van der Waals surface area contributed by atoms with E-state index in [0.717, 1.165) is 0 Å². The molecule has 0 spiro atoms. The topological polar surface area (TPSA) is 103 Å². The predicted molar refractivity (Wildman–Crippen MR) is 136 cm³/mol. The molecule has 0 saturated heterocycles. The highest BCUT2D eigenvalue weighted by Gasteiger charge is 2.30. The summed E-state index contributed by atoms with van der Waals surface area (Å²) in [4.78, 5) is 43.9. The van der Waals surface area contributed by atoms with E-state index in [1.807, 2.05) is 51.6 Å². The minimum atomic E-state index is -0.355. The number of ether oxygens (including phenoxy) is 2. The van der Waals surface area contributed by atoms with Crippen LogP contribution in [-0.2, 0) is 9.53 Å². The number of likely N-dealkylation sites (N-methyl/N-ethyl adjacent to an activating group) is 2. The van der Waals surface area contributed by atoms with Crippen molar-refractivity contribution >= 4 is 23.5 Å². The number of carbonyl (C=O) groups excluding carboxylic acids is 3. The third-order valence-corrected chi connectivity index (χ3v) is 5.89. The largest absolute Gasteiger partial charge is 0.491 e. The molecule has 10 nitrogen and oxygen atoms in total. The zero-order valence-corrected chi connectivity index (χ0v) is 22.3. The predicted octanol–water partition coefficient (Wildman–Crippen LogP) is 2.11. The third kappa shape index (κ3) is 8.10. The van der Waals surface area contributed by atoms with Crippen LogP contribution in [0.25, 0.3) is 0 Å². The van der Waals surface area contributed by atoms with E-state index in [2.05, 4.69) is 10.6 Å². The van der Waals surface area contributed by atoms with Gasteiger partial charge in [0, 0.05) is 44.9 Å². The van der Waals surface area contributed by atoms with E-state index in [1.165, 1.54) is 0 Å². The molecule has 0 aromatic heterocycles. The summed E-state index contributed by atoms with van der Waals surface area (Å²) in [5.74, 6) is 0.141. The summed E-state index contributed by atoms with van der Waals surface area (Å²) >= 11 is 0. The summed E-state index contributed by atoms with van der Waals surface area (Å²) in [5.41, 5.74) is 0.808. The van der Waals surface area contributed by atoms with Crippen molar-refractivity contribution in [1.82, 2.24) is 20.0 Å². The van der Waals surface area contributed by atoms with E-state index < -0.39 is 0 Å². The quantitative estimate of drug-likeness (QED) is 0.654. The van der Waals surface area contributed by atoms with Crippen molar-refractivity contribution in [2.45, 2.75) is 45.9 Å². The molecule has 0 bridgehead atoms. The van der Waals surface area contributed by atoms with Gasteiger partial charge in [-0.3, -0.25) is 9.59 Å².